The maximum atomic E-state index is 5.73. The van der Waals surface area contributed by atoms with Crippen molar-refractivity contribution in [3.8, 4) is 0 Å². The molecule has 0 aliphatic rings. The fourth-order valence-corrected chi connectivity index (χ4v) is 1.36. The lowest BCUT2D eigenvalue weighted by atomic mass is 10.0. The molecule has 0 radical (unpaired) electrons. The molecule has 1 aromatic carbocycles. The van der Waals surface area contributed by atoms with Gasteiger partial charge in [0.25, 0.3) is 0 Å². The van der Waals surface area contributed by atoms with Crippen LogP contribution in [0.3, 0.4) is 0 Å². The van der Waals surface area contributed by atoms with E-state index >= 15 is 0 Å². The lowest BCUT2D eigenvalue weighted by Gasteiger charge is -2.04. The normalized spacial score (nSPS) is 9.64. The zero-order chi connectivity index (χ0) is 8.27. The molecule has 0 aliphatic carbocycles. The largest absolute Gasteiger partial charge is 0.122 e. The minimum atomic E-state index is 0.577. The van der Waals surface area contributed by atoms with Crippen LogP contribution in [0.2, 0.25) is 0 Å². The standard InChI is InChI=1S/C10H11Cl/c1-3-9-5-4-6-10(7-11)8(9)2/h3-6H,1,7H2,2H3. The monoisotopic (exact) mass is 166 g/mol. The molecule has 0 bridgehead atoms. The number of rotatable bonds is 2. The van der Waals surface area contributed by atoms with Crippen LogP contribution in [0.15, 0.2) is 24.8 Å². The maximum absolute atomic E-state index is 5.73. The predicted octanol–water partition coefficient (Wildman–Crippen LogP) is 3.38. The van der Waals surface area contributed by atoms with Crippen molar-refractivity contribution in [1.29, 1.82) is 0 Å². The Bertz CT molecular complexity index is 264. The van der Waals surface area contributed by atoms with E-state index in [1.807, 2.05) is 24.3 Å². The van der Waals surface area contributed by atoms with Crippen molar-refractivity contribution in [3.05, 3.63) is 41.5 Å². The molecule has 0 atom stereocenters. The second-order valence-electron chi connectivity index (χ2n) is 2.47. The van der Waals surface area contributed by atoms with Crippen molar-refractivity contribution >= 4 is 17.7 Å². The molecule has 0 fully saturated rings. The van der Waals surface area contributed by atoms with Crippen LogP contribution >= 0.6 is 11.6 Å². The molecule has 0 nitrogen and oxygen atoms in total. The van der Waals surface area contributed by atoms with Gasteiger partial charge in [-0.05, 0) is 23.6 Å². The Hall–Kier alpha value is -0.750. The summed E-state index contributed by atoms with van der Waals surface area (Å²) in [6.07, 6.45) is 1.85. The van der Waals surface area contributed by atoms with Crippen molar-refractivity contribution < 1.29 is 0 Å². The fourth-order valence-electron chi connectivity index (χ4n) is 1.07. The third-order valence-electron chi connectivity index (χ3n) is 1.85. The second kappa shape index (κ2) is 3.59. The molecule has 0 saturated heterocycles. The highest BCUT2D eigenvalue weighted by Gasteiger charge is 1.98. The molecule has 1 heteroatoms. The molecular formula is C10H11Cl. The molecule has 0 N–H and O–H groups in total. The highest BCUT2D eigenvalue weighted by atomic mass is 35.5. The average Bonchev–Trinajstić information content (AvgIpc) is 2.05. The van der Waals surface area contributed by atoms with Gasteiger partial charge in [-0.15, -0.1) is 11.6 Å². The van der Waals surface area contributed by atoms with Gasteiger partial charge in [0.05, 0.1) is 0 Å². The van der Waals surface area contributed by atoms with Crippen LogP contribution in [0.4, 0.5) is 0 Å². The zero-order valence-corrected chi connectivity index (χ0v) is 7.36. The van der Waals surface area contributed by atoms with Gasteiger partial charge in [-0.2, -0.15) is 0 Å². The molecule has 0 aliphatic heterocycles. The summed E-state index contributed by atoms with van der Waals surface area (Å²) in [6.45, 7) is 5.79. The van der Waals surface area contributed by atoms with Crippen LogP contribution in [-0.2, 0) is 5.88 Å². The minimum absolute atomic E-state index is 0.577. The smallest absolute Gasteiger partial charge is 0.0476 e. The van der Waals surface area contributed by atoms with Crippen molar-refractivity contribution in [2.75, 3.05) is 0 Å². The van der Waals surface area contributed by atoms with Gasteiger partial charge in [-0.25, -0.2) is 0 Å². The Balaban J connectivity index is 3.20. The summed E-state index contributed by atoms with van der Waals surface area (Å²) < 4.78 is 0. The van der Waals surface area contributed by atoms with Crippen molar-refractivity contribution in [2.45, 2.75) is 12.8 Å². The first-order valence-electron chi connectivity index (χ1n) is 3.56. The van der Waals surface area contributed by atoms with Gasteiger partial charge in [-0.3, -0.25) is 0 Å². The van der Waals surface area contributed by atoms with Crippen LogP contribution in [0.25, 0.3) is 6.08 Å². The SMILES string of the molecule is C=Cc1cccc(CCl)c1C. The Labute approximate surface area is 72.5 Å². The van der Waals surface area contributed by atoms with Crippen LogP contribution in [-0.4, -0.2) is 0 Å². The van der Waals surface area contributed by atoms with E-state index in [4.69, 9.17) is 11.6 Å². The number of alkyl halides is 1. The molecule has 0 saturated carbocycles. The van der Waals surface area contributed by atoms with Gasteiger partial charge in [-0.1, -0.05) is 30.9 Å². The maximum Gasteiger partial charge on any atom is 0.0476 e. The Morgan fingerprint density at radius 1 is 1.55 bits per heavy atom. The number of halogens is 1. The first-order chi connectivity index (χ1) is 5.29. The number of hydrogen-bond acceptors (Lipinski definition) is 0. The van der Waals surface area contributed by atoms with Gasteiger partial charge in [0.15, 0.2) is 0 Å². The average molecular weight is 167 g/mol. The quantitative estimate of drug-likeness (QED) is 0.591. The van der Waals surface area contributed by atoms with E-state index in [2.05, 4.69) is 13.5 Å². The molecular weight excluding hydrogens is 156 g/mol. The van der Waals surface area contributed by atoms with Crippen molar-refractivity contribution in [1.82, 2.24) is 0 Å². The first-order valence-corrected chi connectivity index (χ1v) is 4.10. The summed E-state index contributed by atoms with van der Waals surface area (Å²) in [5.41, 5.74) is 3.59. The summed E-state index contributed by atoms with van der Waals surface area (Å²) in [7, 11) is 0. The van der Waals surface area contributed by atoms with Gasteiger partial charge in [0, 0.05) is 5.88 Å². The Morgan fingerprint density at radius 2 is 2.27 bits per heavy atom. The summed E-state index contributed by atoms with van der Waals surface area (Å²) in [6, 6.07) is 6.08. The van der Waals surface area contributed by atoms with Crippen molar-refractivity contribution in [2.24, 2.45) is 0 Å². The third-order valence-corrected chi connectivity index (χ3v) is 2.14. The molecule has 58 valence electrons. The van der Waals surface area contributed by atoms with Crippen LogP contribution in [0.5, 0.6) is 0 Å². The highest BCUT2D eigenvalue weighted by molar-refractivity contribution is 6.17. The van der Waals surface area contributed by atoms with E-state index in [-0.39, 0.29) is 0 Å². The summed E-state index contributed by atoms with van der Waals surface area (Å²) in [4.78, 5) is 0. The summed E-state index contributed by atoms with van der Waals surface area (Å²) in [5.74, 6) is 0.577. The van der Waals surface area contributed by atoms with E-state index < -0.39 is 0 Å². The van der Waals surface area contributed by atoms with E-state index in [0.717, 1.165) is 0 Å². The molecule has 0 unspecified atom stereocenters. The second-order valence-corrected chi connectivity index (χ2v) is 2.74. The van der Waals surface area contributed by atoms with Gasteiger partial charge in [0.2, 0.25) is 0 Å². The molecule has 11 heavy (non-hydrogen) atoms. The molecule has 0 spiro atoms. The van der Waals surface area contributed by atoms with Crippen LogP contribution in [0, 0.1) is 6.92 Å². The van der Waals surface area contributed by atoms with E-state index in [1.54, 1.807) is 0 Å². The highest BCUT2D eigenvalue weighted by Crippen LogP contribution is 2.16. The lowest BCUT2D eigenvalue weighted by molar-refractivity contribution is 1.29. The predicted molar refractivity (Wildman–Crippen MR) is 50.8 cm³/mol. The Kier molecular flexibility index (Phi) is 2.72. The zero-order valence-electron chi connectivity index (χ0n) is 6.60. The van der Waals surface area contributed by atoms with Crippen LogP contribution in [0.1, 0.15) is 16.7 Å². The molecule has 1 aromatic rings. The minimum Gasteiger partial charge on any atom is -0.122 e. The number of hydrogen-bond donors (Lipinski definition) is 0. The summed E-state index contributed by atoms with van der Waals surface area (Å²) >= 11 is 5.73. The Morgan fingerprint density at radius 3 is 2.82 bits per heavy atom. The van der Waals surface area contributed by atoms with E-state index in [0.29, 0.717) is 5.88 Å². The van der Waals surface area contributed by atoms with E-state index in [9.17, 15) is 0 Å². The molecule has 1 rings (SSSR count). The topological polar surface area (TPSA) is 0 Å². The van der Waals surface area contributed by atoms with Gasteiger partial charge < -0.3 is 0 Å². The van der Waals surface area contributed by atoms with Crippen LogP contribution < -0.4 is 0 Å². The molecule has 0 aromatic heterocycles. The van der Waals surface area contributed by atoms with E-state index in [1.165, 1.54) is 16.7 Å². The molecule has 0 amide bonds. The first kappa shape index (κ1) is 8.35. The third kappa shape index (κ3) is 1.63. The lowest BCUT2D eigenvalue weighted by Crippen LogP contribution is -1.87. The van der Waals surface area contributed by atoms with Gasteiger partial charge in [0.1, 0.15) is 0 Å². The van der Waals surface area contributed by atoms with Crippen molar-refractivity contribution in [3.63, 3.8) is 0 Å². The fraction of sp³-hybridized carbons (Fsp3) is 0.200. The molecule has 0 heterocycles. The van der Waals surface area contributed by atoms with Gasteiger partial charge >= 0.3 is 0 Å². The summed E-state index contributed by atoms with van der Waals surface area (Å²) in [5, 5.41) is 0. The number of benzene rings is 1.